The van der Waals surface area contributed by atoms with Gasteiger partial charge in [0, 0.05) is 37.1 Å². The number of aromatic nitrogens is 1. The lowest BCUT2D eigenvalue weighted by molar-refractivity contribution is -0.122. The average molecular weight is 327 g/mol. The average Bonchev–Trinajstić information content (AvgIpc) is 2.99. The molecule has 7 heteroatoms. The first-order chi connectivity index (χ1) is 11.6. The summed E-state index contributed by atoms with van der Waals surface area (Å²) in [4.78, 5) is 40.5. The maximum absolute atomic E-state index is 12.3. The third-order valence-electron chi connectivity index (χ3n) is 3.96. The highest BCUT2D eigenvalue weighted by atomic mass is 16.5. The Morgan fingerprint density at radius 1 is 1.25 bits per heavy atom. The summed E-state index contributed by atoms with van der Waals surface area (Å²) < 4.78 is 5.10. The highest BCUT2D eigenvalue weighted by Crippen LogP contribution is 2.27. The molecule has 1 aromatic carbocycles. The molecule has 7 nitrogen and oxygen atoms in total. The summed E-state index contributed by atoms with van der Waals surface area (Å²) in [7, 11) is 1.57. The number of benzene rings is 1. The molecule has 1 aliphatic rings. The van der Waals surface area contributed by atoms with Gasteiger partial charge in [0.25, 0.3) is 0 Å². The number of ether oxygens (including phenoxy) is 1. The van der Waals surface area contributed by atoms with Gasteiger partial charge in [0.15, 0.2) is 0 Å². The lowest BCUT2D eigenvalue weighted by Gasteiger charge is -2.17. The standard InChI is InChI=1S/C17H17N3O4/c1-24-13-4-2-12(3-5-13)20-10-11(8-16(20)22)17(23)19-14-9-18-7-6-15(14)21/h2-7,9,11H,8,10H2,1H3,(H,18,21)(H,19,23)/t11-/m1/s1. The topological polar surface area (TPSA) is 91.5 Å². The fraction of sp³-hybridized carbons (Fsp3) is 0.235. The van der Waals surface area contributed by atoms with E-state index >= 15 is 0 Å². The van der Waals surface area contributed by atoms with Crippen LogP contribution in [0.4, 0.5) is 11.4 Å². The van der Waals surface area contributed by atoms with E-state index in [0.717, 1.165) is 0 Å². The van der Waals surface area contributed by atoms with Gasteiger partial charge < -0.3 is 19.9 Å². The van der Waals surface area contributed by atoms with E-state index in [0.29, 0.717) is 11.4 Å². The summed E-state index contributed by atoms with van der Waals surface area (Å²) in [5.74, 6) is -0.263. The molecule has 1 aliphatic heterocycles. The van der Waals surface area contributed by atoms with Crippen LogP contribution >= 0.6 is 0 Å². The van der Waals surface area contributed by atoms with Gasteiger partial charge in [0.1, 0.15) is 11.4 Å². The van der Waals surface area contributed by atoms with Crippen LogP contribution in [0.1, 0.15) is 6.42 Å². The summed E-state index contributed by atoms with van der Waals surface area (Å²) in [5.41, 5.74) is 0.616. The smallest absolute Gasteiger partial charge is 0.229 e. The molecule has 0 unspecified atom stereocenters. The molecule has 2 amide bonds. The van der Waals surface area contributed by atoms with Crippen LogP contribution in [-0.2, 0) is 9.59 Å². The summed E-state index contributed by atoms with van der Waals surface area (Å²) in [6, 6.07) is 8.41. The Labute approximate surface area is 138 Å². The van der Waals surface area contributed by atoms with Crippen LogP contribution in [-0.4, -0.2) is 30.5 Å². The minimum Gasteiger partial charge on any atom is -0.497 e. The van der Waals surface area contributed by atoms with Crippen molar-refractivity contribution >= 4 is 23.2 Å². The third kappa shape index (κ3) is 3.15. The number of hydrogen-bond donors (Lipinski definition) is 2. The Bertz CT molecular complexity index is 813. The van der Waals surface area contributed by atoms with Gasteiger partial charge in [0.2, 0.25) is 17.2 Å². The molecule has 3 rings (SSSR count). The molecule has 1 atom stereocenters. The van der Waals surface area contributed by atoms with E-state index in [2.05, 4.69) is 10.3 Å². The normalized spacial score (nSPS) is 17.0. The van der Waals surface area contributed by atoms with Gasteiger partial charge in [0.05, 0.1) is 13.0 Å². The molecule has 1 aromatic heterocycles. The number of carbonyl (C=O) groups excluding carboxylic acids is 2. The van der Waals surface area contributed by atoms with Gasteiger partial charge in [-0.1, -0.05) is 0 Å². The second kappa shape index (κ2) is 6.57. The first-order valence-corrected chi connectivity index (χ1v) is 7.51. The second-order valence-corrected chi connectivity index (χ2v) is 5.51. The minimum absolute atomic E-state index is 0.114. The quantitative estimate of drug-likeness (QED) is 0.887. The number of nitrogens with one attached hydrogen (secondary N) is 2. The molecule has 124 valence electrons. The first-order valence-electron chi connectivity index (χ1n) is 7.51. The van der Waals surface area contributed by atoms with Gasteiger partial charge >= 0.3 is 0 Å². The van der Waals surface area contributed by atoms with Crippen molar-refractivity contribution in [2.45, 2.75) is 6.42 Å². The van der Waals surface area contributed by atoms with Gasteiger partial charge in [-0.15, -0.1) is 0 Å². The molecule has 2 aromatic rings. The van der Waals surface area contributed by atoms with E-state index in [1.807, 2.05) is 0 Å². The summed E-state index contributed by atoms with van der Waals surface area (Å²) in [6.45, 7) is 0.279. The van der Waals surface area contributed by atoms with Crippen molar-refractivity contribution in [2.24, 2.45) is 5.92 Å². The maximum Gasteiger partial charge on any atom is 0.229 e. The number of carbonyl (C=O) groups is 2. The predicted molar refractivity (Wildman–Crippen MR) is 89.1 cm³/mol. The number of anilines is 2. The van der Waals surface area contributed by atoms with E-state index in [9.17, 15) is 14.4 Å². The number of H-pyrrole nitrogens is 1. The number of methoxy groups -OCH3 is 1. The Hall–Kier alpha value is -3.09. The monoisotopic (exact) mass is 327 g/mol. The molecule has 0 bridgehead atoms. The highest BCUT2D eigenvalue weighted by Gasteiger charge is 2.35. The number of aromatic amines is 1. The number of pyridine rings is 1. The van der Waals surface area contributed by atoms with Crippen LogP contribution in [0.5, 0.6) is 5.75 Å². The fourth-order valence-corrected chi connectivity index (χ4v) is 2.64. The number of hydrogen-bond acceptors (Lipinski definition) is 4. The van der Waals surface area contributed by atoms with E-state index in [1.54, 1.807) is 36.3 Å². The zero-order chi connectivity index (χ0) is 17.1. The molecular weight excluding hydrogens is 310 g/mol. The number of rotatable bonds is 4. The molecule has 0 saturated carbocycles. The lowest BCUT2D eigenvalue weighted by atomic mass is 10.1. The molecular formula is C17H17N3O4. The molecule has 0 aliphatic carbocycles. The summed E-state index contributed by atoms with van der Waals surface area (Å²) >= 11 is 0. The first kappa shape index (κ1) is 15.8. The Kier molecular flexibility index (Phi) is 4.33. The van der Waals surface area contributed by atoms with Crippen LogP contribution in [0.2, 0.25) is 0 Å². The van der Waals surface area contributed by atoms with Crippen LogP contribution in [0.25, 0.3) is 0 Å². The largest absolute Gasteiger partial charge is 0.497 e. The van der Waals surface area contributed by atoms with E-state index in [-0.39, 0.29) is 35.9 Å². The lowest BCUT2D eigenvalue weighted by Crippen LogP contribution is -2.29. The van der Waals surface area contributed by atoms with Crippen LogP contribution < -0.4 is 20.4 Å². The zero-order valence-corrected chi connectivity index (χ0v) is 13.1. The minimum atomic E-state index is -0.501. The predicted octanol–water partition coefficient (Wildman–Crippen LogP) is 1.38. The van der Waals surface area contributed by atoms with Crippen LogP contribution in [0.3, 0.4) is 0 Å². The van der Waals surface area contributed by atoms with E-state index < -0.39 is 5.92 Å². The van der Waals surface area contributed by atoms with E-state index in [4.69, 9.17) is 4.74 Å². The Morgan fingerprint density at radius 3 is 2.67 bits per heavy atom. The Morgan fingerprint density at radius 2 is 2.00 bits per heavy atom. The van der Waals surface area contributed by atoms with Crippen molar-refractivity contribution in [2.75, 3.05) is 23.9 Å². The van der Waals surface area contributed by atoms with Crippen LogP contribution in [0, 0.1) is 5.92 Å². The SMILES string of the molecule is COc1ccc(N2C[C@H](C(=O)Nc3c[nH]ccc3=O)CC2=O)cc1. The van der Waals surface area contributed by atoms with Gasteiger partial charge in [-0.2, -0.15) is 0 Å². The fourth-order valence-electron chi connectivity index (χ4n) is 2.64. The number of amides is 2. The second-order valence-electron chi connectivity index (χ2n) is 5.51. The zero-order valence-electron chi connectivity index (χ0n) is 13.1. The van der Waals surface area contributed by atoms with Gasteiger partial charge in [-0.3, -0.25) is 14.4 Å². The molecule has 24 heavy (non-hydrogen) atoms. The van der Waals surface area contributed by atoms with E-state index in [1.165, 1.54) is 18.5 Å². The van der Waals surface area contributed by atoms with Crippen molar-refractivity contribution in [3.05, 3.63) is 52.9 Å². The molecule has 1 saturated heterocycles. The van der Waals surface area contributed by atoms with Gasteiger partial charge in [-0.05, 0) is 24.3 Å². The number of nitrogens with zero attached hydrogens (tertiary/aromatic N) is 1. The van der Waals surface area contributed by atoms with Crippen molar-refractivity contribution < 1.29 is 14.3 Å². The summed E-state index contributed by atoms with van der Waals surface area (Å²) in [5, 5.41) is 2.58. The molecule has 0 radical (unpaired) electrons. The molecule has 1 fully saturated rings. The Balaban J connectivity index is 1.70. The van der Waals surface area contributed by atoms with Crippen molar-refractivity contribution in [1.82, 2.24) is 4.98 Å². The highest BCUT2D eigenvalue weighted by molar-refractivity contribution is 6.03. The van der Waals surface area contributed by atoms with Crippen molar-refractivity contribution in [1.29, 1.82) is 0 Å². The molecule has 2 heterocycles. The van der Waals surface area contributed by atoms with Crippen molar-refractivity contribution in [3.8, 4) is 5.75 Å². The third-order valence-corrected chi connectivity index (χ3v) is 3.96. The maximum atomic E-state index is 12.3. The van der Waals surface area contributed by atoms with Gasteiger partial charge in [-0.25, -0.2) is 0 Å². The molecule has 0 spiro atoms. The summed E-state index contributed by atoms with van der Waals surface area (Å²) in [6.07, 6.45) is 3.03. The molecule has 2 N–H and O–H groups in total. The van der Waals surface area contributed by atoms with Crippen LogP contribution in [0.15, 0.2) is 47.5 Å². The van der Waals surface area contributed by atoms with Crippen molar-refractivity contribution in [3.63, 3.8) is 0 Å².